The van der Waals surface area contributed by atoms with Gasteiger partial charge in [-0.3, -0.25) is 14.6 Å². The van der Waals surface area contributed by atoms with Crippen molar-refractivity contribution in [1.82, 2.24) is 15.2 Å². The Morgan fingerprint density at radius 3 is 2.27 bits per heavy atom. The number of pyridine rings is 1. The summed E-state index contributed by atoms with van der Waals surface area (Å²) in [7, 11) is 4.66. The number of methoxy groups -OCH3 is 2. The fourth-order valence-corrected chi connectivity index (χ4v) is 2.43. The summed E-state index contributed by atoms with van der Waals surface area (Å²) >= 11 is 0. The fraction of sp³-hybridized carbons (Fsp3) is 0.316. The van der Waals surface area contributed by atoms with Crippen molar-refractivity contribution in [3.05, 3.63) is 53.9 Å². The van der Waals surface area contributed by atoms with Crippen molar-refractivity contribution in [3.63, 3.8) is 0 Å². The van der Waals surface area contributed by atoms with Crippen LogP contribution in [-0.2, 0) is 11.2 Å². The standard InChI is InChI=1S/C19H23N3O4/c1-22(12-9-14-7-10-20-11-8-14)17(23)13-21-19(24)18-15(25-2)5-4-6-16(18)26-3/h4-8,10-11H,9,12-13H2,1-3H3,(H,21,24). The predicted molar refractivity (Wildman–Crippen MR) is 97.5 cm³/mol. The number of likely N-dealkylation sites (N-methyl/N-ethyl adjacent to an activating group) is 1. The first kappa shape index (κ1) is 19.2. The Morgan fingerprint density at radius 1 is 1.08 bits per heavy atom. The van der Waals surface area contributed by atoms with Gasteiger partial charge in [0.05, 0.1) is 20.8 Å². The van der Waals surface area contributed by atoms with Crippen LogP contribution < -0.4 is 14.8 Å². The molecule has 138 valence electrons. The molecule has 0 saturated carbocycles. The van der Waals surface area contributed by atoms with Crippen LogP contribution in [0.4, 0.5) is 0 Å². The van der Waals surface area contributed by atoms with Crippen LogP contribution in [0.1, 0.15) is 15.9 Å². The first-order chi connectivity index (χ1) is 12.6. The summed E-state index contributed by atoms with van der Waals surface area (Å²) in [6.45, 7) is 0.448. The van der Waals surface area contributed by atoms with E-state index in [0.29, 0.717) is 18.0 Å². The minimum atomic E-state index is -0.421. The second kappa shape index (κ2) is 9.41. The summed E-state index contributed by atoms with van der Waals surface area (Å²) in [6.07, 6.45) is 4.16. The molecule has 1 N–H and O–H groups in total. The van der Waals surface area contributed by atoms with Crippen molar-refractivity contribution in [1.29, 1.82) is 0 Å². The average molecular weight is 357 g/mol. The lowest BCUT2D eigenvalue weighted by Gasteiger charge is -2.18. The summed E-state index contributed by atoms with van der Waals surface area (Å²) in [4.78, 5) is 30.3. The molecule has 0 spiro atoms. The molecule has 2 rings (SSSR count). The van der Waals surface area contributed by atoms with Gasteiger partial charge in [-0.2, -0.15) is 0 Å². The van der Waals surface area contributed by atoms with Gasteiger partial charge in [0, 0.05) is 26.0 Å². The van der Waals surface area contributed by atoms with Crippen LogP contribution in [0, 0.1) is 0 Å². The van der Waals surface area contributed by atoms with Crippen LogP contribution in [0.2, 0.25) is 0 Å². The van der Waals surface area contributed by atoms with Crippen LogP contribution in [0.25, 0.3) is 0 Å². The third kappa shape index (κ3) is 4.95. The van der Waals surface area contributed by atoms with Crippen molar-refractivity contribution in [2.75, 3.05) is 34.4 Å². The molecule has 2 amide bonds. The van der Waals surface area contributed by atoms with Gasteiger partial charge in [0.25, 0.3) is 5.91 Å². The second-order valence-corrected chi connectivity index (χ2v) is 5.64. The van der Waals surface area contributed by atoms with E-state index in [-0.39, 0.29) is 18.0 Å². The lowest BCUT2D eigenvalue weighted by atomic mass is 10.1. The third-order valence-electron chi connectivity index (χ3n) is 3.97. The summed E-state index contributed by atoms with van der Waals surface area (Å²) < 4.78 is 10.4. The highest BCUT2D eigenvalue weighted by Crippen LogP contribution is 2.27. The second-order valence-electron chi connectivity index (χ2n) is 5.64. The number of hydrogen-bond donors (Lipinski definition) is 1. The first-order valence-electron chi connectivity index (χ1n) is 8.19. The monoisotopic (exact) mass is 357 g/mol. The van der Waals surface area contributed by atoms with Crippen molar-refractivity contribution in [2.24, 2.45) is 0 Å². The van der Waals surface area contributed by atoms with Crippen molar-refractivity contribution in [2.45, 2.75) is 6.42 Å². The van der Waals surface area contributed by atoms with Gasteiger partial charge in [0.15, 0.2) is 0 Å². The van der Waals surface area contributed by atoms with Gasteiger partial charge in [-0.1, -0.05) is 6.07 Å². The average Bonchev–Trinajstić information content (AvgIpc) is 2.69. The zero-order chi connectivity index (χ0) is 18.9. The van der Waals surface area contributed by atoms with Crippen LogP contribution in [-0.4, -0.2) is 56.1 Å². The smallest absolute Gasteiger partial charge is 0.259 e. The number of nitrogens with zero attached hydrogens (tertiary/aromatic N) is 2. The molecule has 7 nitrogen and oxygen atoms in total. The maximum absolute atomic E-state index is 12.5. The molecule has 1 aromatic carbocycles. The molecule has 0 fully saturated rings. The number of nitrogens with one attached hydrogen (secondary N) is 1. The number of hydrogen-bond acceptors (Lipinski definition) is 5. The molecule has 0 saturated heterocycles. The van der Waals surface area contributed by atoms with Crippen LogP contribution in [0.5, 0.6) is 11.5 Å². The number of carbonyl (C=O) groups is 2. The summed E-state index contributed by atoms with van der Waals surface area (Å²) in [5.74, 6) is 0.178. The highest BCUT2D eigenvalue weighted by molar-refractivity contribution is 6.01. The lowest BCUT2D eigenvalue weighted by molar-refractivity contribution is -0.128. The Morgan fingerprint density at radius 2 is 1.69 bits per heavy atom. The molecule has 0 atom stereocenters. The number of carbonyl (C=O) groups excluding carboxylic acids is 2. The van der Waals surface area contributed by atoms with E-state index in [2.05, 4.69) is 10.3 Å². The van der Waals surface area contributed by atoms with Gasteiger partial charge < -0.3 is 19.7 Å². The van der Waals surface area contributed by atoms with E-state index in [9.17, 15) is 9.59 Å². The third-order valence-corrected chi connectivity index (χ3v) is 3.97. The maximum Gasteiger partial charge on any atom is 0.259 e. The van der Waals surface area contributed by atoms with Gasteiger partial charge in [0.2, 0.25) is 5.91 Å². The molecule has 0 aliphatic heterocycles. The Bertz CT molecular complexity index is 727. The molecule has 26 heavy (non-hydrogen) atoms. The van der Waals surface area contributed by atoms with Crippen molar-refractivity contribution >= 4 is 11.8 Å². The Labute approximate surface area is 152 Å². The molecule has 7 heteroatoms. The van der Waals surface area contributed by atoms with E-state index in [0.717, 1.165) is 12.0 Å². The van der Waals surface area contributed by atoms with Crippen LogP contribution >= 0.6 is 0 Å². The molecular formula is C19H23N3O4. The summed E-state index contributed by atoms with van der Waals surface area (Å²) in [5.41, 5.74) is 1.37. The number of benzene rings is 1. The summed E-state index contributed by atoms with van der Waals surface area (Å²) in [5, 5.41) is 2.63. The molecule has 1 heterocycles. The fourth-order valence-electron chi connectivity index (χ4n) is 2.43. The number of rotatable bonds is 8. The molecule has 0 aliphatic carbocycles. The minimum absolute atomic E-state index is 0.104. The maximum atomic E-state index is 12.5. The SMILES string of the molecule is COc1cccc(OC)c1C(=O)NCC(=O)N(C)CCc1ccncc1. The Hall–Kier alpha value is -3.09. The van der Waals surface area contributed by atoms with Gasteiger partial charge in [-0.15, -0.1) is 0 Å². The highest BCUT2D eigenvalue weighted by Gasteiger charge is 2.19. The highest BCUT2D eigenvalue weighted by atomic mass is 16.5. The molecule has 0 aliphatic rings. The van der Waals surface area contributed by atoms with Gasteiger partial charge in [-0.25, -0.2) is 0 Å². The van der Waals surface area contributed by atoms with Gasteiger partial charge in [-0.05, 0) is 36.2 Å². The van der Waals surface area contributed by atoms with Gasteiger partial charge in [0.1, 0.15) is 17.1 Å². The van der Waals surface area contributed by atoms with E-state index >= 15 is 0 Å². The molecular weight excluding hydrogens is 334 g/mol. The molecule has 0 unspecified atom stereocenters. The minimum Gasteiger partial charge on any atom is -0.496 e. The number of ether oxygens (including phenoxy) is 2. The van der Waals surface area contributed by atoms with Crippen LogP contribution in [0.15, 0.2) is 42.7 Å². The largest absolute Gasteiger partial charge is 0.496 e. The normalized spacial score (nSPS) is 10.1. The molecule has 2 aromatic rings. The number of amides is 2. The van der Waals surface area contributed by atoms with E-state index in [1.165, 1.54) is 14.2 Å². The topological polar surface area (TPSA) is 80.8 Å². The quantitative estimate of drug-likeness (QED) is 0.775. The number of aromatic nitrogens is 1. The van der Waals surface area contributed by atoms with Crippen molar-refractivity contribution in [3.8, 4) is 11.5 Å². The lowest BCUT2D eigenvalue weighted by Crippen LogP contribution is -2.39. The molecule has 1 aromatic heterocycles. The van der Waals surface area contributed by atoms with E-state index in [1.54, 1.807) is 42.5 Å². The Balaban J connectivity index is 1.91. The van der Waals surface area contributed by atoms with E-state index in [1.807, 2.05) is 12.1 Å². The van der Waals surface area contributed by atoms with Gasteiger partial charge >= 0.3 is 0 Å². The molecule has 0 radical (unpaired) electrons. The van der Waals surface area contributed by atoms with E-state index in [4.69, 9.17) is 9.47 Å². The summed E-state index contributed by atoms with van der Waals surface area (Å²) in [6, 6.07) is 8.88. The zero-order valence-corrected chi connectivity index (χ0v) is 15.2. The van der Waals surface area contributed by atoms with E-state index < -0.39 is 5.91 Å². The predicted octanol–water partition coefficient (Wildman–Crippen LogP) is 1.53. The van der Waals surface area contributed by atoms with Crippen LogP contribution in [0.3, 0.4) is 0 Å². The first-order valence-corrected chi connectivity index (χ1v) is 8.19. The van der Waals surface area contributed by atoms with Crippen molar-refractivity contribution < 1.29 is 19.1 Å². The zero-order valence-electron chi connectivity index (χ0n) is 15.2. The molecule has 0 bridgehead atoms. The Kier molecular flexibility index (Phi) is 6.96.